The first-order valence-electron chi connectivity index (χ1n) is 6.51. The zero-order chi connectivity index (χ0) is 16.1. The molecule has 116 valence electrons. The molecule has 0 aliphatic rings. The van der Waals surface area contributed by atoms with Gasteiger partial charge in [0.1, 0.15) is 0 Å². The van der Waals surface area contributed by atoms with Gasteiger partial charge in [0.25, 0.3) is 0 Å². The van der Waals surface area contributed by atoms with Crippen molar-refractivity contribution in [3.8, 4) is 16.9 Å². The lowest BCUT2D eigenvalue weighted by atomic mass is 10.0. The van der Waals surface area contributed by atoms with Gasteiger partial charge in [-0.05, 0) is 35.2 Å². The Balaban J connectivity index is 2.14. The van der Waals surface area contributed by atoms with Crippen LogP contribution < -0.4 is 4.74 Å². The summed E-state index contributed by atoms with van der Waals surface area (Å²) in [6.45, 7) is -3.08. The molecule has 22 heavy (non-hydrogen) atoms. The second-order valence-electron chi connectivity index (χ2n) is 4.61. The third-order valence-electron chi connectivity index (χ3n) is 3.06. The molecule has 0 radical (unpaired) electrons. The van der Waals surface area contributed by atoms with Gasteiger partial charge in [-0.2, -0.15) is 8.78 Å². The number of rotatable bonds is 6. The van der Waals surface area contributed by atoms with E-state index in [0.29, 0.717) is 17.5 Å². The van der Waals surface area contributed by atoms with Gasteiger partial charge in [0.05, 0.1) is 0 Å². The number of carbonyl (C=O) groups is 1. The van der Waals surface area contributed by atoms with Crippen LogP contribution in [0.5, 0.6) is 5.75 Å². The maximum atomic E-state index is 13.7. The van der Waals surface area contributed by atoms with E-state index in [1.165, 1.54) is 6.07 Å². The standard InChI is InChI=1S/C16H13F3O3/c17-13-9-12(6-7-14(13)22-16(18)19)11-4-1-10(2-5-11)3-8-15(20)21/h1-2,4-7,9,16H,3,8H2,(H,20,21). The van der Waals surface area contributed by atoms with Crippen LogP contribution in [0.15, 0.2) is 42.5 Å². The highest BCUT2D eigenvalue weighted by molar-refractivity contribution is 5.67. The number of hydrogen-bond acceptors (Lipinski definition) is 2. The quantitative estimate of drug-likeness (QED) is 0.873. The molecule has 3 nitrogen and oxygen atoms in total. The molecular weight excluding hydrogens is 297 g/mol. The molecule has 0 unspecified atom stereocenters. The fourth-order valence-electron chi connectivity index (χ4n) is 1.99. The Labute approximate surface area is 125 Å². The zero-order valence-corrected chi connectivity index (χ0v) is 11.4. The number of aryl methyl sites for hydroxylation is 1. The van der Waals surface area contributed by atoms with Gasteiger partial charge in [-0.25, -0.2) is 4.39 Å². The molecule has 0 fully saturated rings. The van der Waals surface area contributed by atoms with E-state index >= 15 is 0 Å². The molecule has 0 amide bonds. The highest BCUT2D eigenvalue weighted by Gasteiger charge is 2.11. The summed E-state index contributed by atoms with van der Waals surface area (Å²) < 4.78 is 41.8. The van der Waals surface area contributed by atoms with Crippen molar-refractivity contribution in [3.63, 3.8) is 0 Å². The zero-order valence-electron chi connectivity index (χ0n) is 11.4. The number of aliphatic carboxylic acids is 1. The van der Waals surface area contributed by atoms with Gasteiger partial charge in [0, 0.05) is 6.42 Å². The van der Waals surface area contributed by atoms with Crippen LogP contribution in [-0.4, -0.2) is 17.7 Å². The molecule has 0 spiro atoms. The van der Waals surface area contributed by atoms with Crippen molar-refractivity contribution in [2.75, 3.05) is 0 Å². The molecule has 0 aliphatic heterocycles. The Morgan fingerprint density at radius 1 is 1.09 bits per heavy atom. The van der Waals surface area contributed by atoms with Crippen LogP contribution in [0, 0.1) is 5.82 Å². The van der Waals surface area contributed by atoms with E-state index in [9.17, 15) is 18.0 Å². The van der Waals surface area contributed by atoms with Crippen LogP contribution in [-0.2, 0) is 11.2 Å². The van der Waals surface area contributed by atoms with Gasteiger partial charge in [-0.15, -0.1) is 0 Å². The van der Waals surface area contributed by atoms with E-state index in [1.807, 2.05) is 0 Å². The van der Waals surface area contributed by atoms with Gasteiger partial charge >= 0.3 is 12.6 Å². The van der Waals surface area contributed by atoms with E-state index in [-0.39, 0.29) is 6.42 Å². The van der Waals surface area contributed by atoms with Crippen molar-refractivity contribution in [2.24, 2.45) is 0 Å². The third kappa shape index (κ3) is 4.25. The topological polar surface area (TPSA) is 46.5 Å². The fraction of sp³-hybridized carbons (Fsp3) is 0.188. The van der Waals surface area contributed by atoms with Gasteiger partial charge in [-0.3, -0.25) is 4.79 Å². The fourth-order valence-corrected chi connectivity index (χ4v) is 1.99. The van der Waals surface area contributed by atoms with Crippen LogP contribution >= 0.6 is 0 Å². The average molecular weight is 310 g/mol. The highest BCUT2D eigenvalue weighted by Crippen LogP contribution is 2.27. The largest absolute Gasteiger partial charge is 0.481 e. The van der Waals surface area contributed by atoms with E-state index < -0.39 is 24.1 Å². The van der Waals surface area contributed by atoms with Crippen LogP contribution in [0.3, 0.4) is 0 Å². The van der Waals surface area contributed by atoms with Crippen LogP contribution in [0.25, 0.3) is 11.1 Å². The smallest absolute Gasteiger partial charge is 0.387 e. The summed E-state index contributed by atoms with van der Waals surface area (Å²) in [5.41, 5.74) is 2.06. The van der Waals surface area contributed by atoms with Crippen LogP contribution in [0.1, 0.15) is 12.0 Å². The lowest BCUT2D eigenvalue weighted by Gasteiger charge is -2.08. The second-order valence-corrected chi connectivity index (χ2v) is 4.61. The maximum Gasteiger partial charge on any atom is 0.387 e. The molecular formula is C16H13F3O3. The Bertz CT molecular complexity index is 654. The van der Waals surface area contributed by atoms with Crippen molar-refractivity contribution in [1.29, 1.82) is 0 Å². The molecule has 0 bridgehead atoms. The Morgan fingerprint density at radius 2 is 1.73 bits per heavy atom. The number of carboxylic acids is 1. The molecule has 0 saturated carbocycles. The molecule has 0 aromatic heterocycles. The van der Waals surface area contributed by atoms with E-state index in [1.54, 1.807) is 24.3 Å². The maximum absolute atomic E-state index is 13.7. The second kappa shape index (κ2) is 6.98. The number of hydrogen-bond donors (Lipinski definition) is 1. The van der Waals surface area contributed by atoms with Crippen LogP contribution in [0.2, 0.25) is 0 Å². The number of halogens is 3. The van der Waals surface area contributed by atoms with Gasteiger partial charge in [-0.1, -0.05) is 30.3 Å². The number of benzene rings is 2. The summed E-state index contributed by atoms with van der Waals surface area (Å²) in [6, 6.07) is 10.7. The number of ether oxygens (including phenoxy) is 1. The first-order chi connectivity index (χ1) is 10.5. The van der Waals surface area contributed by atoms with Crippen molar-refractivity contribution in [1.82, 2.24) is 0 Å². The van der Waals surface area contributed by atoms with Crippen molar-refractivity contribution >= 4 is 5.97 Å². The van der Waals surface area contributed by atoms with Crippen LogP contribution in [0.4, 0.5) is 13.2 Å². The molecule has 0 heterocycles. The van der Waals surface area contributed by atoms with E-state index in [2.05, 4.69) is 4.74 Å². The summed E-state index contributed by atoms with van der Waals surface area (Å²) >= 11 is 0. The normalized spacial score (nSPS) is 10.7. The Hall–Kier alpha value is -2.50. The first-order valence-corrected chi connectivity index (χ1v) is 6.51. The average Bonchev–Trinajstić information content (AvgIpc) is 2.47. The lowest BCUT2D eigenvalue weighted by Crippen LogP contribution is -2.03. The van der Waals surface area contributed by atoms with E-state index in [4.69, 9.17) is 5.11 Å². The first kappa shape index (κ1) is 15.9. The predicted molar refractivity (Wildman–Crippen MR) is 74.4 cm³/mol. The van der Waals surface area contributed by atoms with Crippen molar-refractivity contribution < 1.29 is 27.8 Å². The molecule has 2 aromatic carbocycles. The lowest BCUT2D eigenvalue weighted by molar-refractivity contribution is -0.136. The van der Waals surface area contributed by atoms with Crippen molar-refractivity contribution in [2.45, 2.75) is 19.5 Å². The molecule has 0 saturated heterocycles. The minimum Gasteiger partial charge on any atom is -0.481 e. The molecule has 0 aliphatic carbocycles. The van der Waals surface area contributed by atoms with E-state index in [0.717, 1.165) is 17.7 Å². The summed E-state index contributed by atoms with van der Waals surface area (Å²) in [5.74, 6) is -2.25. The SMILES string of the molecule is O=C(O)CCc1ccc(-c2ccc(OC(F)F)c(F)c2)cc1. The minimum atomic E-state index is -3.08. The monoisotopic (exact) mass is 310 g/mol. The molecule has 1 N–H and O–H groups in total. The third-order valence-corrected chi connectivity index (χ3v) is 3.06. The molecule has 2 rings (SSSR count). The van der Waals surface area contributed by atoms with Gasteiger partial charge < -0.3 is 9.84 Å². The molecule has 0 atom stereocenters. The highest BCUT2D eigenvalue weighted by atomic mass is 19.3. The predicted octanol–water partition coefficient (Wildman–Crippen LogP) is 4.11. The van der Waals surface area contributed by atoms with Gasteiger partial charge in [0.2, 0.25) is 0 Å². The van der Waals surface area contributed by atoms with Gasteiger partial charge in [0.15, 0.2) is 11.6 Å². The molecule has 2 aromatic rings. The minimum absolute atomic E-state index is 0.0354. The summed E-state index contributed by atoms with van der Waals surface area (Å²) in [7, 11) is 0. The Kier molecular flexibility index (Phi) is 5.04. The summed E-state index contributed by atoms with van der Waals surface area (Å²) in [5, 5.41) is 8.62. The summed E-state index contributed by atoms with van der Waals surface area (Å²) in [4.78, 5) is 10.5. The summed E-state index contributed by atoms with van der Waals surface area (Å²) in [6.07, 6.45) is 0.443. The van der Waals surface area contributed by atoms with Crippen molar-refractivity contribution in [3.05, 3.63) is 53.8 Å². The Morgan fingerprint density at radius 3 is 2.27 bits per heavy atom. The molecule has 6 heteroatoms. The number of alkyl halides is 2. The number of carboxylic acid groups (broad SMARTS) is 1.